The van der Waals surface area contributed by atoms with Crippen molar-refractivity contribution in [2.75, 3.05) is 32.2 Å². The first-order valence-corrected chi connectivity index (χ1v) is 5.14. The second-order valence-electron chi connectivity index (χ2n) is 3.40. The second kappa shape index (κ2) is 6.52. The van der Waals surface area contributed by atoms with E-state index in [0.717, 1.165) is 5.69 Å². The Bertz CT molecular complexity index is 392. The van der Waals surface area contributed by atoms with Gasteiger partial charge in [-0.2, -0.15) is 0 Å². The van der Waals surface area contributed by atoms with E-state index in [1.54, 1.807) is 12.1 Å². The summed E-state index contributed by atoms with van der Waals surface area (Å²) in [6.45, 7) is 1.18. The molecular formula is C12H15NO4. The van der Waals surface area contributed by atoms with Gasteiger partial charge in [-0.25, -0.2) is 4.79 Å². The summed E-state index contributed by atoms with van der Waals surface area (Å²) in [4.78, 5) is 23.4. The minimum absolute atomic E-state index is 0.273. The van der Waals surface area contributed by atoms with Crippen LogP contribution in [0.3, 0.4) is 0 Å². The van der Waals surface area contributed by atoms with Gasteiger partial charge in [0.05, 0.1) is 24.9 Å². The predicted molar refractivity (Wildman–Crippen MR) is 63.1 cm³/mol. The maximum Gasteiger partial charge on any atom is 0.339 e. The Morgan fingerprint density at radius 2 is 2.12 bits per heavy atom. The molecule has 5 heteroatoms. The first-order valence-electron chi connectivity index (χ1n) is 5.14. The van der Waals surface area contributed by atoms with Gasteiger partial charge in [-0.3, -0.25) is 4.79 Å². The number of methoxy groups -OCH3 is 1. The second-order valence-corrected chi connectivity index (χ2v) is 3.40. The van der Waals surface area contributed by atoms with Crippen molar-refractivity contribution in [1.82, 2.24) is 0 Å². The van der Waals surface area contributed by atoms with Gasteiger partial charge in [0.2, 0.25) is 0 Å². The molecule has 0 aliphatic rings. The van der Waals surface area contributed by atoms with E-state index in [-0.39, 0.29) is 12.6 Å². The topological polar surface area (TPSA) is 55.8 Å². The van der Waals surface area contributed by atoms with E-state index in [1.165, 1.54) is 7.11 Å². The van der Waals surface area contributed by atoms with Crippen LogP contribution in [0.1, 0.15) is 10.4 Å². The molecule has 0 heterocycles. The van der Waals surface area contributed by atoms with Crippen LogP contribution in [-0.4, -0.2) is 39.8 Å². The van der Waals surface area contributed by atoms with E-state index in [1.807, 2.05) is 24.1 Å². The van der Waals surface area contributed by atoms with Crippen LogP contribution in [0.25, 0.3) is 0 Å². The third-order valence-electron chi connectivity index (χ3n) is 2.33. The fraction of sp³-hybridized carbons (Fsp3) is 0.333. The van der Waals surface area contributed by atoms with E-state index in [2.05, 4.69) is 4.74 Å². The number of hydrogen-bond acceptors (Lipinski definition) is 5. The highest BCUT2D eigenvalue weighted by Gasteiger charge is 2.13. The maximum atomic E-state index is 11.5. The summed E-state index contributed by atoms with van der Waals surface area (Å²) in [7, 11) is 3.16. The molecule has 0 spiro atoms. The quantitative estimate of drug-likeness (QED) is 0.421. The van der Waals surface area contributed by atoms with Gasteiger partial charge in [0, 0.05) is 7.05 Å². The molecule has 0 N–H and O–H groups in total. The van der Waals surface area contributed by atoms with Crippen molar-refractivity contribution >= 4 is 18.1 Å². The van der Waals surface area contributed by atoms with Gasteiger partial charge in [0.25, 0.3) is 6.47 Å². The zero-order chi connectivity index (χ0) is 12.7. The summed E-state index contributed by atoms with van der Waals surface area (Å²) in [5, 5.41) is 0. The molecular weight excluding hydrogens is 222 g/mol. The maximum absolute atomic E-state index is 11.5. The number of para-hydroxylation sites is 1. The van der Waals surface area contributed by atoms with E-state index < -0.39 is 0 Å². The molecule has 17 heavy (non-hydrogen) atoms. The highest BCUT2D eigenvalue weighted by Crippen LogP contribution is 2.19. The highest BCUT2D eigenvalue weighted by atomic mass is 16.5. The molecule has 1 aromatic rings. The number of carbonyl (C=O) groups is 2. The van der Waals surface area contributed by atoms with Crippen LogP contribution in [0.4, 0.5) is 5.69 Å². The zero-order valence-electron chi connectivity index (χ0n) is 9.88. The lowest BCUT2D eigenvalue weighted by Gasteiger charge is -2.20. The summed E-state index contributed by atoms with van der Waals surface area (Å²) in [5.41, 5.74) is 1.23. The summed E-state index contributed by atoms with van der Waals surface area (Å²) in [5.74, 6) is -0.385. The van der Waals surface area contributed by atoms with Gasteiger partial charge in [0.15, 0.2) is 0 Å². The van der Waals surface area contributed by atoms with Crippen LogP contribution in [-0.2, 0) is 14.3 Å². The van der Waals surface area contributed by atoms with Crippen molar-refractivity contribution in [3.8, 4) is 0 Å². The molecule has 0 atom stereocenters. The third-order valence-corrected chi connectivity index (χ3v) is 2.33. The van der Waals surface area contributed by atoms with Crippen LogP contribution < -0.4 is 4.90 Å². The van der Waals surface area contributed by atoms with Crippen LogP contribution >= 0.6 is 0 Å². The van der Waals surface area contributed by atoms with Crippen LogP contribution in [0.15, 0.2) is 24.3 Å². The molecule has 0 amide bonds. The smallest absolute Gasteiger partial charge is 0.339 e. The number of ether oxygens (including phenoxy) is 2. The lowest BCUT2D eigenvalue weighted by molar-refractivity contribution is -0.128. The molecule has 0 saturated heterocycles. The Balaban J connectivity index is 2.81. The molecule has 92 valence electrons. The Morgan fingerprint density at radius 1 is 1.41 bits per heavy atom. The predicted octanol–water partition coefficient (Wildman–Crippen LogP) is 1.08. The first-order chi connectivity index (χ1) is 8.20. The van der Waals surface area contributed by atoms with Crippen LogP contribution in [0.2, 0.25) is 0 Å². The fourth-order valence-electron chi connectivity index (χ4n) is 1.45. The molecule has 0 fully saturated rings. The average Bonchev–Trinajstić information content (AvgIpc) is 2.38. The Kier molecular flexibility index (Phi) is 5.00. The average molecular weight is 237 g/mol. The SMILES string of the molecule is COC(=O)c1ccccc1N(C)CCOC=O. The Labute approximate surface area is 99.9 Å². The molecule has 0 aromatic heterocycles. The molecule has 0 radical (unpaired) electrons. The van der Waals surface area contributed by atoms with Crippen LogP contribution in [0, 0.1) is 0 Å². The van der Waals surface area contributed by atoms with Crippen LogP contribution in [0.5, 0.6) is 0 Å². The van der Waals surface area contributed by atoms with Crippen molar-refractivity contribution in [2.45, 2.75) is 0 Å². The normalized spacial score (nSPS) is 9.53. The minimum Gasteiger partial charge on any atom is -0.466 e. The minimum atomic E-state index is -0.385. The van der Waals surface area contributed by atoms with Crippen molar-refractivity contribution in [3.63, 3.8) is 0 Å². The van der Waals surface area contributed by atoms with Gasteiger partial charge in [-0.1, -0.05) is 12.1 Å². The summed E-state index contributed by atoms with van der Waals surface area (Å²) in [6, 6.07) is 7.11. The molecule has 1 rings (SSSR count). The van der Waals surface area contributed by atoms with Crippen molar-refractivity contribution < 1.29 is 19.1 Å². The van der Waals surface area contributed by atoms with E-state index >= 15 is 0 Å². The zero-order valence-corrected chi connectivity index (χ0v) is 9.88. The van der Waals surface area contributed by atoms with Crippen molar-refractivity contribution in [2.24, 2.45) is 0 Å². The number of anilines is 1. The number of likely N-dealkylation sites (N-methyl/N-ethyl adjacent to an activating group) is 1. The van der Waals surface area contributed by atoms with E-state index in [9.17, 15) is 9.59 Å². The summed E-state index contributed by atoms with van der Waals surface area (Å²) in [6.07, 6.45) is 0. The molecule has 0 aliphatic carbocycles. The van der Waals surface area contributed by atoms with E-state index in [0.29, 0.717) is 18.6 Å². The standard InChI is InChI=1S/C12H15NO4/c1-13(7-8-17-9-14)11-6-4-3-5-10(11)12(15)16-2/h3-6,9H,7-8H2,1-2H3. The number of hydrogen-bond donors (Lipinski definition) is 0. The number of nitrogens with zero attached hydrogens (tertiary/aromatic N) is 1. The fourth-order valence-corrected chi connectivity index (χ4v) is 1.45. The Hall–Kier alpha value is -2.04. The number of rotatable bonds is 6. The molecule has 1 aromatic carbocycles. The molecule has 5 nitrogen and oxygen atoms in total. The first kappa shape index (κ1) is 13.0. The van der Waals surface area contributed by atoms with E-state index in [4.69, 9.17) is 4.74 Å². The number of esters is 1. The highest BCUT2D eigenvalue weighted by molar-refractivity contribution is 5.95. The van der Waals surface area contributed by atoms with Gasteiger partial charge in [0.1, 0.15) is 6.61 Å². The number of benzene rings is 1. The molecule has 0 unspecified atom stereocenters. The van der Waals surface area contributed by atoms with Crippen molar-refractivity contribution in [1.29, 1.82) is 0 Å². The lowest BCUT2D eigenvalue weighted by atomic mass is 10.1. The number of carbonyl (C=O) groups excluding carboxylic acids is 2. The lowest BCUT2D eigenvalue weighted by Crippen LogP contribution is -2.24. The van der Waals surface area contributed by atoms with Gasteiger partial charge in [-0.15, -0.1) is 0 Å². The van der Waals surface area contributed by atoms with Gasteiger partial charge < -0.3 is 14.4 Å². The third kappa shape index (κ3) is 3.48. The van der Waals surface area contributed by atoms with Crippen molar-refractivity contribution in [3.05, 3.63) is 29.8 Å². The van der Waals surface area contributed by atoms with Gasteiger partial charge in [-0.05, 0) is 12.1 Å². The largest absolute Gasteiger partial charge is 0.466 e. The molecule has 0 bridgehead atoms. The summed E-state index contributed by atoms with van der Waals surface area (Å²) < 4.78 is 9.31. The summed E-state index contributed by atoms with van der Waals surface area (Å²) >= 11 is 0. The molecule has 0 saturated carbocycles. The van der Waals surface area contributed by atoms with Gasteiger partial charge >= 0.3 is 5.97 Å². The Morgan fingerprint density at radius 3 is 2.76 bits per heavy atom. The molecule has 0 aliphatic heterocycles. The monoisotopic (exact) mass is 237 g/mol.